The summed E-state index contributed by atoms with van der Waals surface area (Å²) in [5, 5.41) is 0.597. The van der Waals surface area contributed by atoms with Gasteiger partial charge in [0.2, 0.25) is 0 Å². The number of nitrogens with zero attached hydrogens (tertiary/aromatic N) is 1. The van der Waals surface area contributed by atoms with Crippen LogP contribution in [0.5, 0.6) is 5.75 Å². The number of nitrogens with one attached hydrogen (secondary N) is 1. The van der Waals surface area contributed by atoms with Gasteiger partial charge in [0, 0.05) is 28.6 Å². The highest BCUT2D eigenvalue weighted by Crippen LogP contribution is 2.33. The molecule has 1 aromatic carbocycles. The lowest BCUT2D eigenvalue weighted by Gasteiger charge is -2.19. The first kappa shape index (κ1) is 14.4. The van der Waals surface area contributed by atoms with Crippen molar-refractivity contribution < 1.29 is 9.15 Å². The van der Waals surface area contributed by atoms with Crippen molar-refractivity contribution in [3.8, 4) is 17.1 Å². The third kappa shape index (κ3) is 2.39. The van der Waals surface area contributed by atoms with Crippen LogP contribution in [0.25, 0.3) is 22.2 Å². The average Bonchev–Trinajstić information content (AvgIpc) is 2.99. The Kier molecular flexibility index (Phi) is 3.28. The Morgan fingerprint density at radius 3 is 2.59 bits per heavy atom. The second-order valence-electron chi connectivity index (χ2n) is 6.26. The van der Waals surface area contributed by atoms with Gasteiger partial charge in [0.1, 0.15) is 5.75 Å². The van der Waals surface area contributed by atoms with Gasteiger partial charge >= 0.3 is 0 Å². The number of oxazole rings is 1. The van der Waals surface area contributed by atoms with Crippen molar-refractivity contribution in [1.29, 1.82) is 0 Å². The standard InChI is InChI=1S/C17H18N2O3/c1-17(2,3)16-7-13(20)10-5-11(15-8-18-9-22-15)14(21-4)6-12(10)19-16/h5-9H,1-4H3,(H,19,20). The molecule has 22 heavy (non-hydrogen) atoms. The molecule has 2 aromatic heterocycles. The number of pyridine rings is 1. The number of aromatic amines is 1. The van der Waals surface area contributed by atoms with Gasteiger partial charge in [-0.05, 0) is 6.07 Å². The quantitative estimate of drug-likeness (QED) is 0.786. The highest BCUT2D eigenvalue weighted by Gasteiger charge is 2.18. The molecule has 1 N–H and O–H groups in total. The zero-order chi connectivity index (χ0) is 15.9. The molecule has 0 aliphatic heterocycles. The molecule has 0 saturated carbocycles. The molecule has 0 amide bonds. The fourth-order valence-electron chi connectivity index (χ4n) is 2.39. The van der Waals surface area contributed by atoms with Gasteiger partial charge < -0.3 is 14.1 Å². The largest absolute Gasteiger partial charge is 0.496 e. The maximum Gasteiger partial charge on any atom is 0.189 e. The van der Waals surface area contributed by atoms with Crippen LogP contribution in [0.4, 0.5) is 0 Å². The second-order valence-corrected chi connectivity index (χ2v) is 6.26. The van der Waals surface area contributed by atoms with Crippen LogP contribution in [0.1, 0.15) is 26.5 Å². The first-order chi connectivity index (χ1) is 10.4. The molecule has 5 heteroatoms. The molecule has 0 bridgehead atoms. The van der Waals surface area contributed by atoms with Gasteiger partial charge in [-0.3, -0.25) is 4.79 Å². The first-order valence-electron chi connectivity index (χ1n) is 7.04. The van der Waals surface area contributed by atoms with Crippen molar-refractivity contribution in [2.75, 3.05) is 7.11 Å². The smallest absolute Gasteiger partial charge is 0.189 e. The number of H-pyrrole nitrogens is 1. The van der Waals surface area contributed by atoms with Gasteiger partial charge in [-0.2, -0.15) is 0 Å². The molecule has 0 atom stereocenters. The van der Waals surface area contributed by atoms with Crippen molar-refractivity contribution in [1.82, 2.24) is 9.97 Å². The normalized spacial score (nSPS) is 11.8. The SMILES string of the molecule is COc1cc2[nH]c(C(C)(C)C)cc(=O)c2cc1-c1cnco1. The van der Waals surface area contributed by atoms with E-state index in [2.05, 4.69) is 30.7 Å². The second kappa shape index (κ2) is 5.02. The number of fused-ring (bicyclic) bond motifs is 1. The van der Waals surface area contributed by atoms with Crippen LogP contribution in [0.2, 0.25) is 0 Å². The lowest BCUT2D eigenvalue weighted by molar-refractivity contribution is 0.415. The van der Waals surface area contributed by atoms with E-state index in [4.69, 9.17) is 9.15 Å². The van der Waals surface area contributed by atoms with E-state index in [-0.39, 0.29) is 10.8 Å². The van der Waals surface area contributed by atoms with Gasteiger partial charge in [-0.15, -0.1) is 0 Å². The van der Waals surface area contributed by atoms with Gasteiger partial charge in [-0.25, -0.2) is 4.98 Å². The fraction of sp³-hybridized carbons (Fsp3) is 0.294. The topological polar surface area (TPSA) is 68.1 Å². The van der Waals surface area contributed by atoms with E-state index < -0.39 is 0 Å². The predicted molar refractivity (Wildman–Crippen MR) is 85.3 cm³/mol. The molecule has 0 saturated heterocycles. The van der Waals surface area contributed by atoms with Gasteiger partial charge in [0.25, 0.3) is 0 Å². The zero-order valence-corrected chi connectivity index (χ0v) is 13.1. The van der Waals surface area contributed by atoms with Crippen LogP contribution < -0.4 is 10.2 Å². The molecule has 5 nitrogen and oxygen atoms in total. The minimum absolute atomic E-state index is 0.0258. The summed E-state index contributed by atoms with van der Waals surface area (Å²) in [4.78, 5) is 19.7. The van der Waals surface area contributed by atoms with Crippen molar-refractivity contribution in [3.63, 3.8) is 0 Å². The summed E-state index contributed by atoms with van der Waals surface area (Å²) in [7, 11) is 1.59. The van der Waals surface area contributed by atoms with Crippen molar-refractivity contribution in [3.05, 3.63) is 46.7 Å². The van der Waals surface area contributed by atoms with Crippen LogP contribution >= 0.6 is 0 Å². The predicted octanol–water partition coefficient (Wildman–Crippen LogP) is 3.49. The summed E-state index contributed by atoms with van der Waals surface area (Å²) in [6.45, 7) is 6.18. The number of benzene rings is 1. The van der Waals surface area contributed by atoms with Crippen molar-refractivity contribution in [2.45, 2.75) is 26.2 Å². The monoisotopic (exact) mass is 298 g/mol. The Balaban J connectivity index is 2.31. The lowest BCUT2D eigenvalue weighted by atomic mass is 9.91. The van der Waals surface area contributed by atoms with E-state index in [1.165, 1.54) is 6.39 Å². The molecule has 0 aliphatic carbocycles. The van der Waals surface area contributed by atoms with Crippen LogP contribution in [-0.2, 0) is 5.41 Å². The highest BCUT2D eigenvalue weighted by molar-refractivity contribution is 5.87. The molecule has 2 heterocycles. The van der Waals surface area contributed by atoms with Gasteiger partial charge in [0.05, 0.1) is 24.4 Å². The van der Waals surface area contributed by atoms with Gasteiger partial charge in [0.15, 0.2) is 17.6 Å². The molecule has 3 aromatic rings. The Morgan fingerprint density at radius 1 is 1.23 bits per heavy atom. The first-order valence-corrected chi connectivity index (χ1v) is 7.04. The maximum atomic E-state index is 12.5. The molecule has 0 unspecified atom stereocenters. The Hall–Kier alpha value is -2.56. The van der Waals surface area contributed by atoms with Crippen molar-refractivity contribution in [2.24, 2.45) is 0 Å². The van der Waals surface area contributed by atoms with E-state index in [9.17, 15) is 4.79 Å². The average molecular weight is 298 g/mol. The summed E-state index contributed by atoms with van der Waals surface area (Å²) in [6.07, 6.45) is 2.95. The van der Waals surface area contributed by atoms with Crippen LogP contribution in [0.15, 0.2) is 40.0 Å². The van der Waals surface area contributed by atoms with E-state index in [0.29, 0.717) is 22.5 Å². The molecule has 3 rings (SSSR count). The number of aromatic nitrogens is 2. The third-order valence-electron chi connectivity index (χ3n) is 3.66. The minimum atomic E-state index is -0.135. The van der Waals surface area contributed by atoms with E-state index in [1.807, 2.05) is 6.07 Å². The molecule has 0 fully saturated rings. The summed E-state index contributed by atoms with van der Waals surface area (Å²) in [5.74, 6) is 1.20. The Bertz CT molecular complexity index is 871. The summed E-state index contributed by atoms with van der Waals surface area (Å²) in [6, 6.07) is 5.25. The lowest BCUT2D eigenvalue weighted by Crippen LogP contribution is -2.17. The number of hydrogen-bond acceptors (Lipinski definition) is 4. The molecule has 114 valence electrons. The maximum absolute atomic E-state index is 12.5. The number of rotatable bonds is 2. The van der Waals surface area contributed by atoms with E-state index in [1.54, 1.807) is 25.4 Å². The summed E-state index contributed by atoms with van der Waals surface area (Å²) in [5.41, 5.74) is 2.19. The fourth-order valence-corrected chi connectivity index (χ4v) is 2.39. The number of hydrogen-bond donors (Lipinski definition) is 1. The summed E-state index contributed by atoms with van der Waals surface area (Å²) < 4.78 is 10.8. The third-order valence-corrected chi connectivity index (χ3v) is 3.66. The van der Waals surface area contributed by atoms with E-state index in [0.717, 1.165) is 11.2 Å². The minimum Gasteiger partial charge on any atom is -0.496 e. The van der Waals surface area contributed by atoms with Crippen LogP contribution in [0, 0.1) is 0 Å². The highest BCUT2D eigenvalue weighted by atomic mass is 16.5. The molecule has 0 aliphatic rings. The zero-order valence-electron chi connectivity index (χ0n) is 13.1. The molecular weight excluding hydrogens is 280 g/mol. The Labute approximate surface area is 128 Å². The van der Waals surface area contributed by atoms with Gasteiger partial charge in [-0.1, -0.05) is 20.8 Å². The molecule has 0 spiro atoms. The number of ether oxygens (including phenoxy) is 1. The van der Waals surface area contributed by atoms with E-state index >= 15 is 0 Å². The van der Waals surface area contributed by atoms with Crippen molar-refractivity contribution >= 4 is 10.9 Å². The molecule has 0 radical (unpaired) electrons. The van der Waals surface area contributed by atoms with Crippen LogP contribution in [0.3, 0.4) is 0 Å². The number of methoxy groups -OCH3 is 1. The molecular formula is C17H18N2O3. The Morgan fingerprint density at radius 2 is 2.00 bits per heavy atom. The van der Waals surface area contributed by atoms with Crippen LogP contribution in [-0.4, -0.2) is 17.1 Å². The summed E-state index contributed by atoms with van der Waals surface area (Å²) >= 11 is 0.